The van der Waals surface area contributed by atoms with Gasteiger partial charge < -0.3 is 10.6 Å². The molecule has 2 N–H and O–H groups in total. The first-order valence-electron chi connectivity index (χ1n) is 8.70. The third-order valence-corrected chi connectivity index (χ3v) is 4.21. The third kappa shape index (κ3) is 4.25. The molecule has 3 rings (SSSR count). The number of benzene rings is 2. The molecule has 0 bridgehead atoms. The zero-order chi connectivity index (χ0) is 18.4. The number of amides is 1. The number of hydrogen-bond donors (Lipinski definition) is 2. The lowest BCUT2D eigenvalue weighted by molar-refractivity contribution is 0.0934. The van der Waals surface area contributed by atoms with E-state index < -0.39 is 0 Å². The highest BCUT2D eigenvalue weighted by atomic mass is 16.1. The quantitative estimate of drug-likeness (QED) is 0.699. The van der Waals surface area contributed by atoms with Crippen LogP contribution >= 0.6 is 0 Å². The van der Waals surface area contributed by atoms with Gasteiger partial charge in [0.15, 0.2) is 0 Å². The second-order valence-electron chi connectivity index (χ2n) is 6.03. The minimum Gasteiger partial charge on any atom is -0.344 e. The van der Waals surface area contributed by atoms with Crippen molar-refractivity contribution >= 4 is 17.4 Å². The fourth-order valence-electron chi connectivity index (χ4n) is 2.73. The van der Waals surface area contributed by atoms with E-state index in [1.54, 1.807) is 6.07 Å². The van der Waals surface area contributed by atoms with E-state index in [0.29, 0.717) is 11.5 Å². The molecule has 1 amide bonds. The summed E-state index contributed by atoms with van der Waals surface area (Å²) >= 11 is 0. The Bertz CT molecular complexity index is 880. The highest BCUT2D eigenvalue weighted by molar-refractivity contribution is 5.93. The van der Waals surface area contributed by atoms with Crippen molar-refractivity contribution in [1.29, 1.82) is 0 Å². The predicted molar refractivity (Wildman–Crippen MR) is 103 cm³/mol. The van der Waals surface area contributed by atoms with Crippen LogP contribution in [0.1, 0.15) is 41.5 Å². The fraction of sp³-hybridized carbons (Fsp3) is 0.190. The van der Waals surface area contributed by atoms with Crippen molar-refractivity contribution in [3.63, 3.8) is 0 Å². The second kappa shape index (κ2) is 8.25. The van der Waals surface area contributed by atoms with E-state index in [1.165, 1.54) is 11.9 Å². The van der Waals surface area contributed by atoms with Crippen LogP contribution in [0, 0.1) is 0 Å². The van der Waals surface area contributed by atoms with Gasteiger partial charge in [-0.25, -0.2) is 9.97 Å². The summed E-state index contributed by atoms with van der Waals surface area (Å²) in [6.07, 6.45) is 2.31. The van der Waals surface area contributed by atoms with Crippen LogP contribution in [0.5, 0.6) is 0 Å². The fourth-order valence-corrected chi connectivity index (χ4v) is 2.73. The average Bonchev–Trinajstić information content (AvgIpc) is 2.69. The molecule has 0 saturated carbocycles. The summed E-state index contributed by atoms with van der Waals surface area (Å²) in [5.74, 6) is 0.369. The number of aryl methyl sites for hydroxylation is 1. The molecule has 1 aromatic heterocycles. The zero-order valence-electron chi connectivity index (χ0n) is 14.9. The lowest BCUT2D eigenvalue weighted by Gasteiger charge is -2.14. The maximum atomic E-state index is 12.5. The van der Waals surface area contributed by atoms with Crippen LogP contribution < -0.4 is 10.6 Å². The lowest BCUT2D eigenvalue weighted by atomic mass is 10.1. The van der Waals surface area contributed by atoms with Crippen LogP contribution in [0.15, 0.2) is 67.0 Å². The predicted octanol–water partition coefficient (Wildman–Crippen LogP) is 4.27. The van der Waals surface area contributed by atoms with E-state index in [4.69, 9.17) is 0 Å². The van der Waals surface area contributed by atoms with Crippen molar-refractivity contribution < 1.29 is 4.79 Å². The van der Waals surface area contributed by atoms with Gasteiger partial charge in [0.25, 0.3) is 5.91 Å². The molecule has 0 aliphatic heterocycles. The van der Waals surface area contributed by atoms with Crippen molar-refractivity contribution in [1.82, 2.24) is 15.3 Å². The SMILES string of the molecule is CCc1ccccc1Nc1cc(C(=O)NC(C)c2ccccc2)ncn1. The third-order valence-electron chi connectivity index (χ3n) is 4.21. The van der Waals surface area contributed by atoms with Crippen LogP contribution in [0.25, 0.3) is 0 Å². The number of nitrogens with one attached hydrogen (secondary N) is 2. The van der Waals surface area contributed by atoms with E-state index >= 15 is 0 Å². The van der Waals surface area contributed by atoms with Gasteiger partial charge in [-0.1, -0.05) is 55.5 Å². The van der Waals surface area contributed by atoms with Crippen LogP contribution in [0.4, 0.5) is 11.5 Å². The molecule has 0 aliphatic carbocycles. The monoisotopic (exact) mass is 346 g/mol. The Hall–Kier alpha value is -3.21. The Kier molecular flexibility index (Phi) is 5.59. The molecule has 1 unspecified atom stereocenters. The molecule has 0 fully saturated rings. The van der Waals surface area contributed by atoms with Gasteiger partial charge in [0.2, 0.25) is 0 Å². The lowest BCUT2D eigenvalue weighted by Crippen LogP contribution is -2.27. The van der Waals surface area contributed by atoms with E-state index in [2.05, 4.69) is 33.6 Å². The van der Waals surface area contributed by atoms with Gasteiger partial charge in [0.05, 0.1) is 6.04 Å². The zero-order valence-corrected chi connectivity index (χ0v) is 14.9. The molecule has 1 heterocycles. The van der Waals surface area contributed by atoms with E-state index in [9.17, 15) is 4.79 Å². The summed E-state index contributed by atoms with van der Waals surface area (Å²) < 4.78 is 0. The Balaban J connectivity index is 1.73. The number of para-hydroxylation sites is 1. The molecule has 0 saturated heterocycles. The Labute approximate surface area is 153 Å². The van der Waals surface area contributed by atoms with Crippen molar-refractivity contribution in [2.45, 2.75) is 26.3 Å². The minimum atomic E-state index is -0.226. The van der Waals surface area contributed by atoms with Crippen LogP contribution in [-0.2, 0) is 6.42 Å². The molecule has 5 heteroatoms. The summed E-state index contributed by atoms with van der Waals surface area (Å²) in [6, 6.07) is 19.4. The summed E-state index contributed by atoms with van der Waals surface area (Å²) in [6.45, 7) is 4.05. The molecule has 3 aromatic rings. The first kappa shape index (κ1) is 17.6. The summed E-state index contributed by atoms with van der Waals surface area (Å²) in [5.41, 5.74) is 3.55. The van der Waals surface area contributed by atoms with Crippen LogP contribution in [-0.4, -0.2) is 15.9 Å². The van der Waals surface area contributed by atoms with Gasteiger partial charge in [-0.3, -0.25) is 4.79 Å². The van der Waals surface area contributed by atoms with Gasteiger partial charge in [-0.15, -0.1) is 0 Å². The number of carbonyl (C=O) groups excluding carboxylic acids is 1. The molecular weight excluding hydrogens is 324 g/mol. The minimum absolute atomic E-state index is 0.101. The number of rotatable bonds is 6. The number of aromatic nitrogens is 2. The summed E-state index contributed by atoms with van der Waals surface area (Å²) in [4.78, 5) is 20.9. The van der Waals surface area contributed by atoms with Gasteiger partial charge in [0, 0.05) is 11.8 Å². The van der Waals surface area contributed by atoms with E-state index in [1.807, 2.05) is 55.5 Å². The molecule has 0 radical (unpaired) electrons. The Morgan fingerprint density at radius 3 is 2.54 bits per heavy atom. The molecular formula is C21H22N4O. The van der Waals surface area contributed by atoms with Gasteiger partial charge in [0.1, 0.15) is 17.8 Å². The van der Waals surface area contributed by atoms with Crippen molar-refractivity contribution in [3.8, 4) is 0 Å². The van der Waals surface area contributed by atoms with E-state index in [-0.39, 0.29) is 11.9 Å². The molecule has 0 aliphatic rings. The number of anilines is 2. The molecule has 1 atom stereocenters. The van der Waals surface area contributed by atoms with Crippen molar-refractivity contribution in [2.75, 3.05) is 5.32 Å². The Morgan fingerprint density at radius 2 is 1.77 bits per heavy atom. The van der Waals surface area contributed by atoms with Crippen molar-refractivity contribution in [3.05, 3.63) is 83.8 Å². The highest BCUT2D eigenvalue weighted by Gasteiger charge is 2.13. The topological polar surface area (TPSA) is 66.9 Å². The number of carbonyl (C=O) groups is 1. The van der Waals surface area contributed by atoms with Gasteiger partial charge in [-0.05, 0) is 30.5 Å². The Morgan fingerprint density at radius 1 is 1.04 bits per heavy atom. The molecule has 5 nitrogen and oxygen atoms in total. The van der Waals surface area contributed by atoms with Gasteiger partial charge in [-0.2, -0.15) is 0 Å². The van der Waals surface area contributed by atoms with E-state index in [0.717, 1.165) is 17.7 Å². The normalized spacial score (nSPS) is 11.6. The van der Waals surface area contributed by atoms with Crippen LogP contribution in [0.2, 0.25) is 0 Å². The standard InChI is InChI=1S/C21H22N4O/c1-3-16-9-7-8-12-18(16)25-20-13-19(22-14-23-20)21(26)24-15(2)17-10-5-4-6-11-17/h4-15H,3H2,1-2H3,(H,24,26)(H,22,23,25). The first-order valence-corrected chi connectivity index (χ1v) is 8.70. The largest absolute Gasteiger partial charge is 0.344 e. The highest BCUT2D eigenvalue weighted by Crippen LogP contribution is 2.20. The molecule has 26 heavy (non-hydrogen) atoms. The molecule has 132 valence electrons. The summed E-state index contributed by atoms with van der Waals surface area (Å²) in [5, 5.41) is 6.24. The van der Waals surface area contributed by atoms with Crippen LogP contribution in [0.3, 0.4) is 0 Å². The first-order chi connectivity index (χ1) is 12.7. The smallest absolute Gasteiger partial charge is 0.270 e. The number of nitrogens with zero attached hydrogens (tertiary/aromatic N) is 2. The van der Waals surface area contributed by atoms with Crippen molar-refractivity contribution in [2.24, 2.45) is 0 Å². The maximum absolute atomic E-state index is 12.5. The van der Waals surface area contributed by atoms with Gasteiger partial charge >= 0.3 is 0 Å². The number of hydrogen-bond acceptors (Lipinski definition) is 4. The maximum Gasteiger partial charge on any atom is 0.270 e. The average molecular weight is 346 g/mol. The molecule has 0 spiro atoms. The molecule has 2 aromatic carbocycles. The second-order valence-corrected chi connectivity index (χ2v) is 6.03. The summed E-state index contributed by atoms with van der Waals surface area (Å²) in [7, 11) is 0.